The fourth-order valence-electron chi connectivity index (χ4n) is 12.3. The van der Waals surface area contributed by atoms with Gasteiger partial charge in [-0.05, 0) is 103 Å². The van der Waals surface area contributed by atoms with Crippen molar-refractivity contribution in [3.05, 3.63) is 120 Å². The molecule has 6 aliphatic rings. The largest absolute Gasteiger partial charge is 0.335 e. The number of para-hydroxylation sites is 4. The molecule has 4 atom stereocenters. The molecule has 0 radical (unpaired) electrons. The van der Waals surface area contributed by atoms with Crippen LogP contribution in [0.5, 0.6) is 0 Å². The van der Waals surface area contributed by atoms with Crippen LogP contribution in [0.1, 0.15) is 90.2 Å². The third-order valence-electron chi connectivity index (χ3n) is 15.1. The van der Waals surface area contributed by atoms with Crippen molar-refractivity contribution in [1.29, 1.82) is 0 Å². The molecule has 0 spiro atoms. The molecule has 4 heteroatoms. The average Bonchev–Trinajstić information content (AvgIpc) is 3.49. The predicted octanol–water partition coefficient (Wildman–Crippen LogP) is 9.78. The molecule has 2 fully saturated rings. The zero-order chi connectivity index (χ0) is 33.6. The fourth-order valence-corrected chi connectivity index (χ4v) is 12.3. The van der Waals surface area contributed by atoms with Gasteiger partial charge in [-0.1, -0.05) is 112 Å². The van der Waals surface area contributed by atoms with E-state index in [2.05, 4.69) is 152 Å². The second-order valence-corrected chi connectivity index (χ2v) is 17.1. The van der Waals surface area contributed by atoms with E-state index in [1.807, 2.05) is 0 Å². The molecule has 4 unspecified atom stereocenters. The Morgan fingerprint density at radius 1 is 0.480 bits per heavy atom. The number of benzene rings is 5. The van der Waals surface area contributed by atoms with Crippen molar-refractivity contribution in [2.45, 2.75) is 101 Å². The number of fused-ring (bicyclic) bond motifs is 10. The molecule has 3 nitrogen and oxygen atoms in total. The quantitative estimate of drug-likeness (QED) is 0.173. The van der Waals surface area contributed by atoms with Crippen LogP contribution in [0.25, 0.3) is 0 Å². The highest BCUT2D eigenvalue weighted by molar-refractivity contribution is 7.00. The van der Waals surface area contributed by atoms with Gasteiger partial charge in [-0.3, -0.25) is 0 Å². The Morgan fingerprint density at radius 2 is 1.06 bits per heavy atom. The Balaban J connectivity index is 1.27. The number of hydrogen-bond donors (Lipinski definition) is 0. The molecule has 0 saturated heterocycles. The van der Waals surface area contributed by atoms with Gasteiger partial charge < -0.3 is 14.7 Å². The van der Waals surface area contributed by atoms with E-state index in [0.717, 1.165) is 0 Å². The van der Waals surface area contributed by atoms with Gasteiger partial charge in [0.15, 0.2) is 0 Å². The maximum atomic E-state index is 2.89. The van der Waals surface area contributed by atoms with Crippen molar-refractivity contribution < 1.29 is 0 Å². The highest BCUT2D eigenvalue weighted by Gasteiger charge is 2.62. The number of rotatable bonds is 2. The van der Waals surface area contributed by atoms with Crippen molar-refractivity contribution in [2.75, 3.05) is 14.7 Å². The van der Waals surface area contributed by atoms with Gasteiger partial charge in [0.05, 0.1) is 11.1 Å². The van der Waals surface area contributed by atoms with Crippen molar-refractivity contribution in [3.8, 4) is 0 Å². The summed E-state index contributed by atoms with van der Waals surface area (Å²) < 4.78 is 0. The van der Waals surface area contributed by atoms with Crippen molar-refractivity contribution in [3.63, 3.8) is 0 Å². The maximum Gasteiger partial charge on any atom is 0.252 e. The molecule has 2 saturated carbocycles. The summed E-state index contributed by atoms with van der Waals surface area (Å²) in [7, 11) is 0. The van der Waals surface area contributed by atoms with Gasteiger partial charge >= 0.3 is 0 Å². The van der Waals surface area contributed by atoms with E-state index in [0.29, 0.717) is 0 Å². The van der Waals surface area contributed by atoms with Crippen LogP contribution < -0.4 is 31.1 Å². The molecule has 5 aromatic rings. The van der Waals surface area contributed by atoms with Gasteiger partial charge in [0.25, 0.3) is 6.71 Å². The molecule has 0 N–H and O–H groups in total. The normalized spacial score (nSPS) is 29.5. The topological polar surface area (TPSA) is 9.72 Å². The summed E-state index contributed by atoms with van der Waals surface area (Å²) in [5.74, 6) is 0. The predicted molar refractivity (Wildman–Crippen MR) is 211 cm³/mol. The lowest BCUT2D eigenvalue weighted by Crippen LogP contribution is -2.64. The van der Waals surface area contributed by atoms with Crippen LogP contribution >= 0.6 is 0 Å². The average molecular weight is 652 g/mol. The van der Waals surface area contributed by atoms with Crippen LogP contribution in [0.15, 0.2) is 109 Å². The third kappa shape index (κ3) is 3.26. The zero-order valence-corrected chi connectivity index (χ0v) is 30.0. The van der Waals surface area contributed by atoms with E-state index in [-0.39, 0.29) is 28.6 Å². The SMILES string of the molecule is CC12CCCCC1(C)N(c1cc3c4c(c1)N1c5c(cccc5C5(C)CCCCC15C)B4c1ccccc1N3c1ccccc1)c1ccccc12. The molecular formula is C46H46BN3. The first-order chi connectivity index (χ1) is 24.3. The number of hydrogen-bond acceptors (Lipinski definition) is 3. The molecule has 5 aromatic carbocycles. The highest BCUT2D eigenvalue weighted by Crippen LogP contribution is 2.64. The first kappa shape index (κ1) is 29.3. The Labute approximate surface area is 298 Å². The van der Waals surface area contributed by atoms with Crippen LogP contribution in [0.4, 0.5) is 39.8 Å². The molecular weight excluding hydrogens is 605 g/mol. The van der Waals surface area contributed by atoms with E-state index in [9.17, 15) is 0 Å². The second kappa shape index (κ2) is 9.66. The third-order valence-corrected chi connectivity index (χ3v) is 15.1. The Kier molecular flexibility index (Phi) is 5.66. The number of anilines is 7. The van der Waals surface area contributed by atoms with Crippen LogP contribution in [-0.4, -0.2) is 17.8 Å². The van der Waals surface area contributed by atoms with E-state index < -0.39 is 0 Å². The lowest BCUT2D eigenvalue weighted by atomic mass is 9.33. The van der Waals surface area contributed by atoms with Crippen LogP contribution in [-0.2, 0) is 10.8 Å². The molecule has 0 bridgehead atoms. The van der Waals surface area contributed by atoms with E-state index in [4.69, 9.17) is 0 Å². The molecule has 0 aromatic heterocycles. The molecule has 2 aliphatic carbocycles. The van der Waals surface area contributed by atoms with Crippen molar-refractivity contribution in [1.82, 2.24) is 0 Å². The summed E-state index contributed by atoms with van der Waals surface area (Å²) in [5, 5.41) is 0. The second-order valence-electron chi connectivity index (χ2n) is 17.1. The summed E-state index contributed by atoms with van der Waals surface area (Å²) in [5.41, 5.74) is 17.2. The summed E-state index contributed by atoms with van der Waals surface area (Å²) >= 11 is 0. The van der Waals surface area contributed by atoms with Gasteiger partial charge in [-0.15, -0.1) is 0 Å². The first-order valence-electron chi connectivity index (χ1n) is 19.3. The Bertz CT molecular complexity index is 2250. The van der Waals surface area contributed by atoms with E-state index >= 15 is 0 Å². The lowest BCUT2D eigenvalue weighted by molar-refractivity contribution is 0.194. The fraction of sp³-hybridized carbons (Fsp3) is 0.348. The smallest absolute Gasteiger partial charge is 0.252 e. The highest BCUT2D eigenvalue weighted by atomic mass is 15.3. The standard InChI is InChI=1S/C46H46BN3/c1-43-25-12-14-27-45(43,3)49(37-23-10-8-19-33(37)43)32-29-39-41-40(30-32)50-42-34(44(2)26-13-15-28-46(44,50)4)20-16-22-36(42)47(41)35-21-9-11-24-38(35)48(39)31-17-6-5-7-18-31/h5-11,16-24,29-30H,12-15,25-28H2,1-4H3. The Morgan fingerprint density at radius 3 is 1.84 bits per heavy atom. The van der Waals surface area contributed by atoms with E-state index in [1.165, 1.54) is 113 Å². The van der Waals surface area contributed by atoms with Crippen LogP contribution in [0, 0.1) is 0 Å². The van der Waals surface area contributed by atoms with Gasteiger partial charge in [0.2, 0.25) is 0 Å². The summed E-state index contributed by atoms with van der Waals surface area (Å²) in [6, 6.07) is 42.3. The van der Waals surface area contributed by atoms with Crippen molar-refractivity contribution >= 4 is 62.9 Å². The summed E-state index contributed by atoms with van der Waals surface area (Å²) in [4.78, 5) is 8.28. The van der Waals surface area contributed by atoms with Crippen molar-refractivity contribution in [2.24, 2.45) is 0 Å². The van der Waals surface area contributed by atoms with Crippen LogP contribution in [0.2, 0.25) is 0 Å². The monoisotopic (exact) mass is 651 g/mol. The minimum atomic E-state index is -0.00849. The van der Waals surface area contributed by atoms with Gasteiger partial charge in [0.1, 0.15) is 0 Å². The molecule has 11 rings (SSSR count). The maximum absolute atomic E-state index is 2.89. The molecule has 0 amide bonds. The summed E-state index contributed by atoms with van der Waals surface area (Å²) in [6.07, 6.45) is 10.1. The lowest BCUT2D eigenvalue weighted by Gasteiger charge is -2.53. The first-order valence-corrected chi connectivity index (χ1v) is 19.3. The van der Waals surface area contributed by atoms with E-state index in [1.54, 1.807) is 5.56 Å². The van der Waals surface area contributed by atoms with Gasteiger partial charge in [-0.2, -0.15) is 0 Å². The van der Waals surface area contributed by atoms with Gasteiger partial charge in [-0.25, -0.2) is 0 Å². The zero-order valence-electron chi connectivity index (χ0n) is 30.0. The minimum absolute atomic E-state index is 0.00175. The molecule has 248 valence electrons. The minimum Gasteiger partial charge on any atom is -0.335 e. The van der Waals surface area contributed by atoms with Crippen LogP contribution in [0.3, 0.4) is 0 Å². The number of nitrogens with zero attached hydrogens (tertiary/aromatic N) is 3. The Hall–Kier alpha value is -4.44. The molecule has 4 heterocycles. The molecule has 50 heavy (non-hydrogen) atoms. The molecule has 4 aliphatic heterocycles. The summed E-state index contributed by atoms with van der Waals surface area (Å²) in [6.45, 7) is 10.5. The van der Waals surface area contributed by atoms with Gasteiger partial charge in [0, 0.05) is 50.6 Å².